The molecule has 3 rings (SSSR count). The molecule has 0 saturated carbocycles. The molecule has 0 bridgehead atoms. The van der Waals surface area contributed by atoms with E-state index in [1.165, 1.54) is 17.1 Å². The molecule has 0 spiro atoms. The van der Waals surface area contributed by atoms with Gasteiger partial charge in [0.15, 0.2) is 5.65 Å². The fourth-order valence-corrected chi connectivity index (χ4v) is 2.92. The van der Waals surface area contributed by atoms with Crippen LogP contribution in [0.5, 0.6) is 0 Å². The quantitative estimate of drug-likeness (QED) is 0.739. The molecule has 1 atom stereocenters. The highest BCUT2D eigenvalue weighted by Gasteiger charge is 2.12. The fourth-order valence-electron chi connectivity index (χ4n) is 2.92. The van der Waals surface area contributed by atoms with Crippen molar-refractivity contribution < 1.29 is 4.79 Å². The summed E-state index contributed by atoms with van der Waals surface area (Å²) in [5.74, 6) is 0.241. The summed E-state index contributed by atoms with van der Waals surface area (Å²) in [7, 11) is 1.74. The number of nitrogens with zero attached hydrogens (tertiary/aromatic N) is 4. The lowest BCUT2D eigenvalue weighted by atomic mass is 9.97. The van der Waals surface area contributed by atoms with Crippen molar-refractivity contribution in [2.45, 2.75) is 39.2 Å². The Morgan fingerprint density at radius 3 is 2.85 bits per heavy atom. The van der Waals surface area contributed by atoms with Crippen LogP contribution >= 0.6 is 0 Å². The first-order valence-corrected chi connectivity index (χ1v) is 8.77. The molecule has 1 aromatic carbocycles. The zero-order valence-electron chi connectivity index (χ0n) is 15.3. The molecule has 136 valence electrons. The standard InChI is InChI=1S/C19H23N5O2/c1-4-13(2)14-7-5-6-8-16(14)22-17(25)9-10-24-12-20-18-15(19(24)26)11-21-23(18)3/h5-8,11-13H,4,9-10H2,1-3H3,(H,22,25). The van der Waals surface area contributed by atoms with Crippen LogP contribution in [0.1, 0.15) is 38.2 Å². The zero-order chi connectivity index (χ0) is 18.7. The number of hydrogen-bond acceptors (Lipinski definition) is 4. The van der Waals surface area contributed by atoms with Gasteiger partial charge in [-0.05, 0) is 24.0 Å². The Morgan fingerprint density at radius 2 is 2.08 bits per heavy atom. The van der Waals surface area contributed by atoms with Gasteiger partial charge < -0.3 is 5.32 Å². The second kappa shape index (κ2) is 7.51. The van der Waals surface area contributed by atoms with Gasteiger partial charge in [-0.25, -0.2) is 4.98 Å². The molecule has 26 heavy (non-hydrogen) atoms. The van der Waals surface area contributed by atoms with Crippen LogP contribution in [0.4, 0.5) is 5.69 Å². The molecule has 1 N–H and O–H groups in total. The number of nitrogens with one attached hydrogen (secondary N) is 1. The van der Waals surface area contributed by atoms with Crippen molar-refractivity contribution in [1.82, 2.24) is 19.3 Å². The summed E-state index contributed by atoms with van der Waals surface area (Å²) in [6.07, 6.45) is 4.16. The van der Waals surface area contributed by atoms with E-state index in [-0.39, 0.29) is 24.4 Å². The molecular weight excluding hydrogens is 330 g/mol. The van der Waals surface area contributed by atoms with E-state index in [9.17, 15) is 9.59 Å². The molecule has 0 saturated heterocycles. The maximum atomic E-state index is 12.4. The van der Waals surface area contributed by atoms with Gasteiger partial charge in [0.2, 0.25) is 5.91 Å². The van der Waals surface area contributed by atoms with Crippen LogP contribution in [0.2, 0.25) is 0 Å². The molecule has 0 aliphatic heterocycles. The summed E-state index contributed by atoms with van der Waals surface area (Å²) in [5, 5.41) is 7.47. The Hall–Kier alpha value is -2.96. The molecule has 0 fully saturated rings. The molecule has 0 radical (unpaired) electrons. The minimum atomic E-state index is -0.184. The molecule has 7 nitrogen and oxygen atoms in total. The minimum Gasteiger partial charge on any atom is -0.326 e. The van der Waals surface area contributed by atoms with Gasteiger partial charge in [0, 0.05) is 25.7 Å². The molecule has 3 aromatic rings. The number of benzene rings is 1. The lowest BCUT2D eigenvalue weighted by molar-refractivity contribution is -0.116. The summed E-state index contributed by atoms with van der Waals surface area (Å²) in [6, 6.07) is 7.83. The number of para-hydroxylation sites is 1. The first kappa shape index (κ1) is 17.8. The Bertz CT molecular complexity index is 989. The van der Waals surface area contributed by atoms with Gasteiger partial charge in [-0.15, -0.1) is 0 Å². The number of carbonyl (C=O) groups is 1. The van der Waals surface area contributed by atoms with Crippen LogP contribution in [0.3, 0.4) is 0 Å². The molecular formula is C19H23N5O2. The van der Waals surface area contributed by atoms with Crippen molar-refractivity contribution in [1.29, 1.82) is 0 Å². The smallest absolute Gasteiger partial charge is 0.264 e. The van der Waals surface area contributed by atoms with E-state index >= 15 is 0 Å². The molecule has 7 heteroatoms. The van der Waals surface area contributed by atoms with Crippen LogP contribution in [0.25, 0.3) is 11.0 Å². The van der Waals surface area contributed by atoms with Crippen molar-refractivity contribution in [3.05, 3.63) is 52.7 Å². The number of amides is 1. The summed E-state index contributed by atoms with van der Waals surface area (Å²) in [4.78, 5) is 29.0. The third kappa shape index (κ3) is 3.51. The Labute approximate surface area is 151 Å². The number of anilines is 1. The number of aryl methyl sites for hydroxylation is 2. The third-order valence-electron chi connectivity index (χ3n) is 4.68. The normalized spacial score (nSPS) is 12.3. The predicted molar refractivity (Wildman–Crippen MR) is 101 cm³/mol. The third-order valence-corrected chi connectivity index (χ3v) is 4.68. The first-order chi connectivity index (χ1) is 12.5. The Morgan fingerprint density at radius 1 is 1.31 bits per heavy atom. The largest absolute Gasteiger partial charge is 0.326 e. The Kier molecular flexibility index (Phi) is 5.16. The van der Waals surface area contributed by atoms with E-state index in [0.29, 0.717) is 17.0 Å². The topological polar surface area (TPSA) is 81.8 Å². The highest BCUT2D eigenvalue weighted by atomic mass is 16.2. The van der Waals surface area contributed by atoms with Crippen molar-refractivity contribution in [2.24, 2.45) is 7.05 Å². The summed E-state index contributed by atoms with van der Waals surface area (Å²) < 4.78 is 3.00. The molecule has 0 aliphatic rings. The summed E-state index contributed by atoms with van der Waals surface area (Å²) >= 11 is 0. The lowest BCUT2D eigenvalue weighted by Gasteiger charge is -2.15. The average molecular weight is 353 g/mol. The lowest BCUT2D eigenvalue weighted by Crippen LogP contribution is -2.23. The average Bonchev–Trinajstić information content (AvgIpc) is 3.03. The van der Waals surface area contributed by atoms with Gasteiger partial charge in [0.05, 0.1) is 12.5 Å². The number of fused-ring (bicyclic) bond motifs is 1. The van der Waals surface area contributed by atoms with E-state index in [0.717, 1.165) is 17.7 Å². The van der Waals surface area contributed by atoms with Gasteiger partial charge in [-0.1, -0.05) is 32.0 Å². The summed E-state index contributed by atoms with van der Waals surface area (Å²) in [6.45, 7) is 4.53. The first-order valence-electron chi connectivity index (χ1n) is 8.77. The fraction of sp³-hybridized carbons (Fsp3) is 0.368. The van der Waals surface area contributed by atoms with E-state index in [2.05, 4.69) is 29.2 Å². The van der Waals surface area contributed by atoms with E-state index in [1.54, 1.807) is 11.7 Å². The highest BCUT2D eigenvalue weighted by molar-refractivity contribution is 5.91. The molecule has 2 heterocycles. The summed E-state index contributed by atoms with van der Waals surface area (Å²) in [5.41, 5.74) is 2.31. The SMILES string of the molecule is CCC(C)c1ccccc1NC(=O)CCn1cnc2c(cnn2C)c1=O. The number of rotatable bonds is 6. The van der Waals surface area contributed by atoms with Gasteiger partial charge in [-0.2, -0.15) is 5.10 Å². The van der Waals surface area contributed by atoms with E-state index in [4.69, 9.17) is 0 Å². The van der Waals surface area contributed by atoms with Gasteiger partial charge in [0.25, 0.3) is 5.56 Å². The van der Waals surface area contributed by atoms with Crippen molar-refractivity contribution in [3.63, 3.8) is 0 Å². The molecule has 1 amide bonds. The van der Waals surface area contributed by atoms with Gasteiger partial charge >= 0.3 is 0 Å². The number of carbonyl (C=O) groups excluding carboxylic acids is 1. The van der Waals surface area contributed by atoms with Crippen LogP contribution in [-0.4, -0.2) is 25.2 Å². The monoisotopic (exact) mass is 353 g/mol. The maximum Gasteiger partial charge on any atom is 0.264 e. The minimum absolute atomic E-state index is 0.126. The molecule has 2 aromatic heterocycles. The molecule has 1 unspecified atom stereocenters. The molecule has 0 aliphatic carbocycles. The van der Waals surface area contributed by atoms with Crippen LogP contribution in [0.15, 0.2) is 41.6 Å². The zero-order valence-corrected chi connectivity index (χ0v) is 15.3. The van der Waals surface area contributed by atoms with Gasteiger partial charge in [-0.3, -0.25) is 18.8 Å². The van der Waals surface area contributed by atoms with E-state index in [1.807, 2.05) is 24.3 Å². The number of hydrogen-bond donors (Lipinski definition) is 1. The highest BCUT2D eigenvalue weighted by Crippen LogP contribution is 2.26. The van der Waals surface area contributed by atoms with Crippen molar-refractivity contribution in [2.75, 3.05) is 5.32 Å². The predicted octanol–water partition coefficient (Wildman–Crippen LogP) is 2.67. The van der Waals surface area contributed by atoms with Crippen molar-refractivity contribution in [3.8, 4) is 0 Å². The van der Waals surface area contributed by atoms with Crippen LogP contribution in [-0.2, 0) is 18.4 Å². The van der Waals surface area contributed by atoms with Crippen molar-refractivity contribution >= 4 is 22.6 Å². The van der Waals surface area contributed by atoms with Crippen LogP contribution in [0, 0.1) is 0 Å². The van der Waals surface area contributed by atoms with Gasteiger partial charge in [0.1, 0.15) is 5.39 Å². The second-order valence-electron chi connectivity index (χ2n) is 6.44. The second-order valence-corrected chi connectivity index (χ2v) is 6.44. The number of aromatic nitrogens is 4. The van der Waals surface area contributed by atoms with E-state index < -0.39 is 0 Å². The van der Waals surface area contributed by atoms with Crippen LogP contribution < -0.4 is 10.9 Å². The maximum absolute atomic E-state index is 12.4. The Balaban J connectivity index is 1.70.